The third kappa shape index (κ3) is 16.3. The number of para-hydroxylation sites is 1. The molecule has 2 heterocycles. The minimum atomic E-state index is -0.0901. The predicted molar refractivity (Wildman–Crippen MR) is 324 cm³/mol. The van der Waals surface area contributed by atoms with Crippen LogP contribution in [0.25, 0.3) is 55.7 Å². The zero-order valence-corrected chi connectivity index (χ0v) is 48.1. The van der Waals surface area contributed by atoms with E-state index in [4.69, 9.17) is 38.1 Å². The molecule has 6 aromatic rings. The van der Waals surface area contributed by atoms with Gasteiger partial charge in [-0.05, 0) is 91.3 Å². The molecule has 16 heteroatoms. The summed E-state index contributed by atoms with van der Waals surface area (Å²) in [6.45, 7) is 3.92. The maximum atomic E-state index is 13.3. The van der Waals surface area contributed by atoms with Crippen molar-refractivity contribution in [3.8, 4) is 39.6 Å². The molecule has 1 aliphatic heterocycles. The maximum Gasteiger partial charge on any atom is 0.298 e. The summed E-state index contributed by atoms with van der Waals surface area (Å²) in [5.74, 6) is 2.48. The number of carbonyl (C=O) groups excluding carboxylic acids is 4. The Labute approximate surface area is 485 Å². The molecule has 3 aliphatic rings. The van der Waals surface area contributed by atoms with E-state index in [2.05, 4.69) is 41.0 Å². The maximum absolute atomic E-state index is 13.3. The number of amides is 1. The van der Waals surface area contributed by atoms with Gasteiger partial charge in [-0.1, -0.05) is 73.2 Å². The topological polar surface area (TPSA) is 184 Å². The van der Waals surface area contributed by atoms with Gasteiger partial charge < -0.3 is 43.6 Å². The van der Waals surface area contributed by atoms with Gasteiger partial charge in [0.05, 0.1) is 57.8 Å². The van der Waals surface area contributed by atoms with Crippen molar-refractivity contribution in [1.82, 2.24) is 19.9 Å². The number of hydrogen-bond acceptors (Lipinski definition) is 14. The van der Waals surface area contributed by atoms with E-state index in [1.165, 1.54) is 11.1 Å². The molecule has 1 amide bonds. The normalized spacial score (nSPS) is 12.2. The molecule has 0 saturated carbocycles. The number of rotatable bonds is 32. The third-order valence-corrected chi connectivity index (χ3v) is 14.8. The molecule has 0 atom stereocenters. The van der Waals surface area contributed by atoms with Crippen LogP contribution in [-0.4, -0.2) is 128 Å². The molecule has 0 saturated heterocycles. The summed E-state index contributed by atoms with van der Waals surface area (Å²) in [5, 5.41) is 9.47. The zero-order chi connectivity index (χ0) is 57.9. The lowest BCUT2D eigenvalue weighted by molar-refractivity contribution is -0.122. The van der Waals surface area contributed by atoms with Crippen molar-refractivity contribution in [2.45, 2.75) is 70.3 Å². The van der Waals surface area contributed by atoms with E-state index in [0.717, 1.165) is 87.5 Å². The average Bonchev–Trinajstić information content (AvgIpc) is 3.48. The van der Waals surface area contributed by atoms with Crippen LogP contribution in [-0.2, 0) is 52.6 Å². The number of anilines is 2. The van der Waals surface area contributed by atoms with Gasteiger partial charge in [-0.15, -0.1) is 0 Å². The Bertz CT molecular complexity index is 3530. The van der Waals surface area contributed by atoms with Crippen LogP contribution < -0.4 is 30.2 Å². The molecule has 1 aromatic heterocycles. The highest BCUT2D eigenvalue weighted by Crippen LogP contribution is 2.44. The fourth-order valence-corrected chi connectivity index (χ4v) is 10.4. The van der Waals surface area contributed by atoms with Crippen LogP contribution in [0.4, 0.5) is 11.5 Å². The second kappa shape index (κ2) is 29.7. The number of benzene rings is 6. The number of unbranched alkanes of at least 4 members (excludes halogenated alkanes) is 2. The Morgan fingerprint density at radius 2 is 1.37 bits per heavy atom. The minimum absolute atomic E-state index is 0.0683. The van der Waals surface area contributed by atoms with Crippen molar-refractivity contribution in [2.75, 3.05) is 97.8 Å². The van der Waals surface area contributed by atoms with E-state index in [1.807, 2.05) is 123 Å². The van der Waals surface area contributed by atoms with E-state index in [1.54, 1.807) is 12.1 Å². The molecule has 2 N–H and O–H groups in total. The SMILES string of the molecule is CN(C)c1ccc2c(-c3ccc(C(=O)CCCOCCOCCOCCOCCC(=O)NCCCCCC(=O)Cc4ccc(-c5nc(NC6Cc7ccccc7C6)c6ccccc6n5)cc4)cc3OC=O)c3ccc(=[N+](C)C)cc-3oc2c1. The summed E-state index contributed by atoms with van der Waals surface area (Å²) in [6.07, 6.45) is 6.24. The van der Waals surface area contributed by atoms with Gasteiger partial charge in [-0.2, -0.15) is 0 Å². The molecule has 2 aliphatic carbocycles. The van der Waals surface area contributed by atoms with Crippen LogP contribution in [0.3, 0.4) is 0 Å². The second-order valence-electron chi connectivity index (χ2n) is 21.3. The minimum Gasteiger partial charge on any atom is -0.456 e. The number of fused-ring (bicyclic) bond motifs is 4. The number of aromatic nitrogens is 2. The summed E-state index contributed by atoms with van der Waals surface area (Å²) in [4.78, 5) is 62.2. The Balaban J connectivity index is 0.582. The lowest BCUT2D eigenvalue weighted by Gasteiger charge is -2.19. The molecular formula is C67H75N6O10+. The molecular weight excluding hydrogens is 1050 g/mol. The Morgan fingerprint density at radius 1 is 0.675 bits per heavy atom. The highest BCUT2D eigenvalue weighted by molar-refractivity contribution is 6.05. The molecule has 83 heavy (non-hydrogen) atoms. The van der Waals surface area contributed by atoms with E-state index in [-0.39, 0.29) is 42.1 Å². The van der Waals surface area contributed by atoms with Crippen molar-refractivity contribution in [1.29, 1.82) is 0 Å². The van der Waals surface area contributed by atoms with Gasteiger partial charge in [-0.25, -0.2) is 14.5 Å². The predicted octanol–water partition coefficient (Wildman–Crippen LogP) is 9.93. The summed E-state index contributed by atoms with van der Waals surface area (Å²) >= 11 is 0. The number of nitrogens with zero attached hydrogens (tertiary/aromatic N) is 4. The highest BCUT2D eigenvalue weighted by Gasteiger charge is 2.24. The van der Waals surface area contributed by atoms with Gasteiger partial charge >= 0.3 is 0 Å². The monoisotopic (exact) mass is 1120 g/mol. The molecule has 0 bridgehead atoms. The first-order chi connectivity index (χ1) is 40.5. The van der Waals surface area contributed by atoms with E-state index < -0.39 is 0 Å². The van der Waals surface area contributed by atoms with Gasteiger partial charge in [0, 0.05) is 115 Å². The number of ketones is 2. The first-order valence-electron chi connectivity index (χ1n) is 28.8. The van der Waals surface area contributed by atoms with Crippen LogP contribution in [0, 0.1) is 0 Å². The van der Waals surface area contributed by atoms with Crippen molar-refractivity contribution >= 4 is 57.3 Å². The van der Waals surface area contributed by atoms with Crippen molar-refractivity contribution in [3.05, 3.63) is 155 Å². The first-order valence-corrected chi connectivity index (χ1v) is 28.8. The van der Waals surface area contributed by atoms with Crippen molar-refractivity contribution < 1.29 is 47.3 Å². The first kappa shape index (κ1) is 59.5. The Hall–Kier alpha value is -8.15. The molecule has 0 spiro atoms. The van der Waals surface area contributed by atoms with Gasteiger partial charge in [0.15, 0.2) is 11.6 Å². The van der Waals surface area contributed by atoms with Crippen molar-refractivity contribution in [3.63, 3.8) is 0 Å². The Kier molecular flexibility index (Phi) is 21.3. The molecule has 5 aromatic carbocycles. The molecule has 0 fully saturated rings. The third-order valence-electron chi connectivity index (χ3n) is 14.8. The molecule has 9 rings (SSSR count). The van der Waals surface area contributed by atoms with Crippen LogP contribution in [0.5, 0.6) is 5.75 Å². The second-order valence-corrected chi connectivity index (χ2v) is 21.3. The average molecular weight is 1120 g/mol. The van der Waals surface area contributed by atoms with E-state index >= 15 is 0 Å². The largest absolute Gasteiger partial charge is 0.456 e. The van der Waals surface area contributed by atoms with Gasteiger partial charge in [-0.3, -0.25) is 19.2 Å². The lowest BCUT2D eigenvalue weighted by atomic mass is 9.91. The Morgan fingerprint density at radius 3 is 2.10 bits per heavy atom. The lowest BCUT2D eigenvalue weighted by Crippen LogP contribution is -2.25. The van der Waals surface area contributed by atoms with Crippen molar-refractivity contribution in [2.24, 2.45) is 0 Å². The number of nitrogens with one attached hydrogen (secondary N) is 2. The summed E-state index contributed by atoms with van der Waals surface area (Å²) in [6, 6.07) is 42.2. The number of ether oxygens (including phenoxy) is 5. The summed E-state index contributed by atoms with van der Waals surface area (Å²) in [5.41, 5.74) is 9.95. The molecule has 432 valence electrons. The summed E-state index contributed by atoms with van der Waals surface area (Å²) < 4.78 is 36.5. The van der Waals surface area contributed by atoms with Crippen LogP contribution in [0.2, 0.25) is 0 Å². The number of hydrogen-bond donors (Lipinski definition) is 2. The van der Waals surface area contributed by atoms with E-state index in [0.29, 0.717) is 113 Å². The summed E-state index contributed by atoms with van der Waals surface area (Å²) in [7, 11) is 7.88. The molecule has 0 radical (unpaired) electrons. The quantitative estimate of drug-likeness (QED) is 0.0134. The smallest absolute Gasteiger partial charge is 0.298 e. The van der Waals surface area contributed by atoms with Crippen LogP contribution in [0.15, 0.2) is 132 Å². The molecule has 16 nitrogen and oxygen atoms in total. The number of Topliss-reactive ketones (excluding diaryl/α,β-unsaturated/α-hetero) is 2. The van der Waals surface area contributed by atoms with Crippen LogP contribution >= 0.6 is 0 Å². The fourth-order valence-electron chi connectivity index (χ4n) is 10.4. The van der Waals surface area contributed by atoms with Gasteiger partial charge in [0.25, 0.3) is 6.47 Å². The van der Waals surface area contributed by atoms with Crippen LogP contribution in [0.1, 0.15) is 72.0 Å². The number of carbonyl (C=O) groups is 4. The standard InChI is InChI=1S/C67H74N6O10/c1-72(2)52-24-27-57-62(43-52)83-63-44-53(73(3)4)25-28-58(63)65(57)56-26-23-50(42-61(56)82-45-74)60(76)18-12-31-78-33-35-80-37-38-81-36-34-79-32-29-64(77)68-30-11-5-6-15-54(75)39-46-19-21-47(22-20-46)66-70-59-17-10-9-16-55(59)67(71-66)69-51-40-48-13-7-8-14-49(48)41-51/h7-10,13-14,16-17,19-28,42-45,51H,5-6,11-12,15,18,29-41H2,1-4H3,(H-,68,69,70,71,77)/p+1. The van der Waals surface area contributed by atoms with Gasteiger partial charge in [0.1, 0.15) is 42.8 Å². The fraction of sp³-hybridized carbons (Fsp3) is 0.358. The van der Waals surface area contributed by atoms with Gasteiger partial charge in [0.2, 0.25) is 11.3 Å². The highest BCUT2D eigenvalue weighted by atomic mass is 16.6. The van der Waals surface area contributed by atoms with E-state index in [9.17, 15) is 19.2 Å². The molecule has 0 unspecified atom stereocenters. The zero-order valence-electron chi connectivity index (χ0n) is 48.1.